The van der Waals surface area contributed by atoms with Crippen LogP contribution in [0.4, 0.5) is 0 Å². The number of hydrogen-bond acceptors (Lipinski definition) is 1. The van der Waals surface area contributed by atoms with E-state index in [1.165, 1.54) is 25.7 Å². The van der Waals surface area contributed by atoms with Gasteiger partial charge < -0.3 is 5.32 Å². The van der Waals surface area contributed by atoms with Crippen LogP contribution in [0, 0.1) is 0 Å². The van der Waals surface area contributed by atoms with Crippen molar-refractivity contribution in [1.29, 1.82) is 0 Å². The average Bonchev–Trinajstić information content (AvgIpc) is 2.79. The molecule has 0 aromatic heterocycles. The molecule has 1 saturated carbocycles. The highest BCUT2D eigenvalue weighted by Gasteiger charge is 2.10. The van der Waals surface area contributed by atoms with Gasteiger partial charge in [0.15, 0.2) is 0 Å². The second-order valence-corrected chi connectivity index (χ2v) is 2.27. The minimum Gasteiger partial charge on any atom is -0.317 e. The van der Waals surface area contributed by atoms with Crippen LogP contribution in [-0.2, 0) is 0 Å². The highest BCUT2D eigenvalue weighted by Crippen LogP contribution is 2.16. The molecule has 0 spiro atoms. The maximum atomic E-state index is 3.26. The van der Waals surface area contributed by atoms with Gasteiger partial charge in [0, 0.05) is 6.04 Å². The lowest BCUT2D eigenvalue weighted by Gasteiger charge is -2.03. The molecule has 0 saturated heterocycles. The molecule has 1 aliphatic carbocycles. The molecule has 0 aromatic rings. The summed E-state index contributed by atoms with van der Waals surface area (Å²) >= 11 is 0. The summed E-state index contributed by atoms with van der Waals surface area (Å²) in [5, 5.41) is 3.26. The van der Waals surface area contributed by atoms with Gasteiger partial charge in [0.2, 0.25) is 0 Å². The van der Waals surface area contributed by atoms with E-state index in [2.05, 4.69) is 12.4 Å². The summed E-state index contributed by atoms with van der Waals surface area (Å²) < 4.78 is 0. The summed E-state index contributed by atoms with van der Waals surface area (Å²) in [6.07, 6.45) is 5.67. The zero-order valence-electron chi connectivity index (χ0n) is 10.9. The normalized spacial score (nSPS) is 14.1. The predicted octanol–water partition coefficient (Wildman–Crippen LogP) is 4.23. The Hall–Kier alpha value is -0.0400. The predicted molar refractivity (Wildman–Crippen MR) is 65.4 cm³/mol. The summed E-state index contributed by atoms with van der Waals surface area (Å²) in [6.45, 7) is 12.0. The van der Waals surface area contributed by atoms with Crippen LogP contribution in [0.2, 0.25) is 0 Å². The van der Waals surface area contributed by atoms with Crippen LogP contribution in [0.25, 0.3) is 0 Å². The SMILES string of the molecule is CC.CC.CC.CNC1CCCC1. The fourth-order valence-electron chi connectivity index (χ4n) is 1.21. The molecule has 84 valence electrons. The van der Waals surface area contributed by atoms with E-state index in [0.717, 1.165) is 6.04 Å². The van der Waals surface area contributed by atoms with Gasteiger partial charge in [-0.15, -0.1) is 0 Å². The molecule has 0 aromatic carbocycles. The third kappa shape index (κ3) is 14.8. The molecule has 1 fully saturated rings. The number of nitrogens with one attached hydrogen (secondary N) is 1. The van der Waals surface area contributed by atoms with E-state index < -0.39 is 0 Å². The number of hydrogen-bond donors (Lipinski definition) is 1. The van der Waals surface area contributed by atoms with Crippen molar-refractivity contribution in [1.82, 2.24) is 5.32 Å². The van der Waals surface area contributed by atoms with Crippen molar-refractivity contribution < 1.29 is 0 Å². The molecule has 1 rings (SSSR count). The molecule has 0 radical (unpaired) electrons. The summed E-state index contributed by atoms with van der Waals surface area (Å²) in [4.78, 5) is 0. The van der Waals surface area contributed by atoms with Crippen molar-refractivity contribution in [3.05, 3.63) is 0 Å². The smallest absolute Gasteiger partial charge is 0.00640 e. The fraction of sp³-hybridized carbons (Fsp3) is 1.00. The summed E-state index contributed by atoms with van der Waals surface area (Å²) in [6, 6.07) is 0.847. The first-order valence-electron chi connectivity index (χ1n) is 6.11. The Labute approximate surface area is 86.3 Å². The van der Waals surface area contributed by atoms with E-state index in [0.29, 0.717) is 0 Å². The highest BCUT2D eigenvalue weighted by molar-refractivity contribution is 4.70. The molecule has 1 N–H and O–H groups in total. The van der Waals surface area contributed by atoms with Crippen LogP contribution in [0.5, 0.6) is 0 Å². The van der Waals surface area contributed by atoms with E-state index in [1.807, 2.05) is 41.5 Å². The standard InChI is InChI=1S/C6H13N.3C2H6/c1-7-6-4-2-3-5-6;3*1-2/h6-7H,2-5H2,1H3;3*1-2H3. The molecular formula is C12H31N. The zero-order valence-corrected chi connectivity index (χ0v) is 10.9. The molecule has 0 heterocycles. The average molecular weight is 189 g/mol. The molecule has 0 bridgehead atoms. The zero-order chi connectivity index (χ0) is 11.1. The maximum Gasteiger partial charge on any atom is 0.00640 e. The van der Waals surface area contributed by atoms with Crippen LogP contribution < -0.4 is 5.32 Å². The van der Waals surface area contributed by atoms with Crippen molar-refractivity contribution in [3.63, 3.8) is 0 Å². The molecule has 0 unspecified atom stereocenters. The summed E-state index contributed by atoms with van der Waals surface area (Å²) in [5.41, 5.74) is 0. The molecule has 0 aliphatic heterocycles. The van der Waals surface area contributed by atoms with Crippen LogP contribution in [-0.4, -0.2) is 13.1 Å². The van der Waals surface area contributed by atoms with Crippen molar-refractivity contribution in [2.24, 2.45) is 0 Å². The van der Waals surface area contributed by atoms with Gasteiger partial charge in [-0.05, 0) is 19.9 Å². The Balaban J connectivity index is -0.000000144. The van der Waals surface area contributed by atoms with E-state index in [1.54, 1.807) is 0 Å². The molecule has 13 heavy (non-hydrogen) atoms. The van der Waals surface area contributed by atoms with Gasteiger partial charge in [-0.1, -0.05) is 54.4 Å². The van der Waals surface area contributed by atoms with E-state index in [9.17, 15) is 0 Å². The fourth-order valence-corrected chi connectivity index (χ4v) is 1.21. The van der Waals surface area contributed by atoms with Crippen LogP contribution in [0.15, 0.2) is 0 Å². The minimum atomic E-state index is 0.847. The quantitative estimate of drug-likeness (QED) is 0.651. The van der Waals surface area contributed by atoms with E-state index in [-0.39, 0.29) is 0 Å². The van der Waals surface area contributed by atoms with Gasteiger partial charge in [0.25, 0.3) is 0 Å². The Morgan fingerprint density at radius 1 is 0.769 bits per heavy atom. The third-order valence-electron chi connectivity index (χ3n) is 1.76. The topological polar surface area (TPSA) is 12.0 Å². The van der Waals surface area contributed by atoms with Crippen LogP contribution >= 0.6 is 0 Å². The van der Waals surface area contributed by atoms with Crippen molar-refractivity contribution in [2.75, 3.05) is 7.05 Å². The Kier molecular flexibility index (Phi) is 32.6. The van der Waals surface area contributed by atoms with E-state index >= 15 is 0 Å². The lowest BCUT2D eigenvalue weighted by Crippen LogP contribution is -2.20. The van der Waals surface area contributed by atoms with Crippen molar-refractivity contribution in [2.45, 2.75) is 73.3 Å². The maximum absolute atomic E-state index is 3.26. The molecule has 0 amide bonds. The van der Waals surface area contributed by atoms with Crippen LogP contribution in [0.3, 0.4) is 0 Å². The Morgan fingerprint density at radius 2 is 1.08 bits per heavy atom. The molecule has 0 atom stereocenters. The molecule has 1 heteroatoms. The van der Waals surface area contributed by atoms with Gasteiger partial charge in [0.05, 0.1) is 0 Å². The van der Waals surface area contributed by atoms with E-state index in [4.69, 9.17) is 0 Å². The Bertz CT molecular complexity index is 47.1. The highest BCUT2D eigenvalue weighted by atomic mass is 14.9. The Morgan fingerprint density at radius 3 is 1.23 bits per heavy atom. The second-order valence-electron chi connectivity index (χ2n) is 2.27. The molecule has 1 aliphatic rings. The second kappa shape index (κ2) is 22.7. The monoisotopic (exact) mass is 189 g/mol. The minimum absolute atomic E-state index is 0.847. The van der Waals surface area contributed by atoms with Gasteiger partial charge in [-0.25, -0.2) is 0 Å². The summed E-state index contributed by atoms with van der Waals surface area (Å²) in [7, 11) is 2.05. The van der Waals surface area contributed by atoms with Gasteiger partial charge >= 0.3 is 0 Å². The van der Waals surface area contributed by atoms with Gasteiger partial charge in [-0.3, -0.25) is 0 Å². The lowest BCUT2D eigenvalue weighted by atomic mass is 10.3. The first kappa shape index (κ1) is 18.7. The summed E-state index contributed by atoms with van der Waals surface area (Å²) in [5.74, 6) is 0. The third-order valence-corrected chi connectivity index (χ3v) is 1.76. The molecular weight excluding hydrogens is 158 g/mol. The first-order chi connectivity index (χ1) is 6.43. The van der Waals surface area contributed by atoms with Crippen molar-refractivity contribution in [3.8, 4) is 0 Å². The number of rotatable bonds is 1. The first-order valence-corrected chi connectivity index (χ1v) is 6.11. The molecule has 1 nitrogen and oxygen atoms in total. The van der Waals surface area contributed by atoms with Gasteiger partial charge in [-0.2, -0.15) is 0 Å². The van der Waals surface area contributed by atoms with Crippen molar-refractivity contribution >= 4 is 0 Å². The lowest BCUT2D eigenvalue weighted by molar-refractivity contribution is 0.582. The largest absolute Gasteiger partial charge is 0.317 e. The van der Waals surface area contributed by atoms with Gasteiger partial charge in [0.1, 0.15) is 0 Å². The van der Waals surface area contributed by atoms with Crippen LogP contribution in [0.1, 0.15) is 67.2 Å².